The van der Waals surface area contributed by atoms with E-state index in [0.29, 0.717) is 16.5 Å². The Hall–Kier alpha value is -2.82. The summed E-state index contributed by atoms with van der Waals surface area (Å²) in [5.41, 5.74) is 0.128. The van der Waals surface area contributed by atoms with E-state index in [2.05, 4.69) is 10.2 Å². The number of nitrogens with zero attached hydrogens (tertiary/aromatic N) is 3. The molecule has 1 aliphatic rings. The molecule has 0 unspecified atom stereocenters. The lowest BCUT2D eigenvalue weighted by molar-refractivity contribution is -0.131. The second-order valence-electron chi connectivity index (χ2n) is 7.08. The predicted octanol–water partition coefficient (Wildman–Crippen LogP) is 1.79. The fourth-order valence-corrected chi connectivity index (χ4v) is 5.22. The van der Waals surface area contributed by atoms with Crippen molar-refractivity contribution in [2.24, 2.45) is 0 Å². The van der Waals surface area contributed by atoms with Crippen molar-refractivity contribution >= 4 is 38.3 Å². The van der Waals surface area contributed by atoms with E-state index in [1.54, 1.807) is 29.2 Å². The van der Waals surface area contributed by atoms with Crippen molar-refractivity contribution in [3.63, 3.8) is 0 Å². The Bertz CT molecular complexity index is 1320. The minimum atomic E-state index is -3.85. The van der Waals surface area contributed by atoms with Crippen molar-refractivity contribution < 1.29 is 17.6 Å². The van der Waals surface area contributed by atoms with Crippen LogP contribution in [0.4, 0.5) is 4.39 Å². The third-order valence-corrected chi connectivity index (χ3v) is 7.40. The first-order chi connectivity index (χ1) is 14.8. The van der Waals surface area contributed by atoms with E-state index < -0.39 is 15.8 Å². The molecule has 1 N–H and O–H groups in total. The first-order valence-corrected chi connectivity index (χ1v) is 11.3. The molecule has 2 aromatic carbocycles. The number of nitrogens with one attached hydrogen (secondary N) is 1. The molecule has 8 nitrogen and oxygen atoms in total. The van der Waals surface area contributed by atoms with Gasteiger partial charge in [0.15, 0.2) is 0 Å². The van der Waals surface area contributed by atoms with Crippen molar-refractivity contribution in [1.82, 2.24) is 19.4 Å². The van der Waals surface area contributed by atoms with Crippen LogP contribution in [0.2, 0.25) is 5.02 Å². The largest absolute Gasteiger partial charge is 0.340 e. The SMILES string of the molecule is O=C(Cc1n[nH]c(=O)c2ccccc12)N1CCN(S(=O)(=O)c2ccc(F)c(Cl)c2)CC1. The van der Waals surface area contributed by atoms with Crippen LogP contribution >= 0.6 is 11.6 Å². The first kappa shape index (κ1) is 21.4. The number of H-pyrrole nitrogens is 1. The maximum absolute atomic E-state index is 13.4. The van der Waals surface area contributed by atoms with Crippen molar-refractivity contribution in [2.75, 3.05) is 26.2 Å². The van der Waals surface area contributed by atoms with Gasteiger partial charge in [-0.2, -0.15) is 9.40 Å². The highest BCUT2D eigenvalue weighted by Crippen LogP contribution is 2.23. The molecular formula is C20H18ClFN4O4S. The highest BCUT2D eigenvalue weighted by Gasteiger charge is 2.30. The van der Waals surface area contributed by atoms with Crippen LogP contribution in [0.15, 0.2) is 52.2 Å². The van der Waals surface area contributed by atoms with Crippen LogP contribution in [-0.2, 0) is 21.2 Å². The summed E-state index contributed by atoms with van der Waals surface area (Å²) in [6.45, 7) is 0.605. The number of aromatic nitrogens is 2. The topological polar surface area (TPSA) is 103 Å². The summed E-state index contributed by atoms with van der Waals surface area (Å²) in [7, 11) is -3.85. The van der Waals surface area contributed by atoms with Gasteiger partial charge < -0.3 is 4.90 Å². The number of halogens is 2. The number of hydrogen-bond donors (Lipinski definition) is 1. The number of amides is 1. The fourth-order valence-electron chi connectivity index (χ4n) is 3.53. The molecule has 0 radical (unpaired) electrons. The zero-order valence-corrected chi connectivity index (χ0v) is 17.8. The number of carbonyl (C=O) groups is 1. The summed E-state index contributed by atoms with van der Waals surface area (Å²) < 4.78 is 40.2. The van der Waals surface area contributed by atoms with E-state index in [4.69, 9.17) is 11.6 Å². The third-order valence-electron chi connectivity index (χ3n) is 5.21. The lowest BCUT2D eigenvalue weighted by Crippen LogP contribution is -2.50. The van der Waals surface area contributed by atoms with Gasteiger partial charge in [-0.25, -0.2) is 17.9 Å². The van der Waals surface area contributed by atoms with Crippen LogP contribution in [0.5, 0.6) is 0 Å². The molecule has 162 valence electrons. The molecule has 1 fully saturated rings. The number of fused-ring (bicyclic) bond motifs is 1. The Morgan fingerprint density at radius 2 is 1.77 bits per heavy atom. The molecule has 1 amide bonds. The summed E-state index contributed by atoms with van der Waals surface area (Å²) in [6, 6.07) is 10.2. The van der Waals surface area contributed by atoms with Gasteiger partial charge in [-0.1, -0.05) is 29.8 Å². The van der Waals surface area contributed by atoms with Gasteiger partial charge in [0.1, 0.15) is 5.82 Å². The number of carbonyl (C=O) groups excluding carboxylic acids is 1. The molecule has 3 aromatic rings. The summed E-state index contributed by atoms with van der Waals surface area (Å²) >= 11 is 5.71. The summed E-state index contributed by atoms with van der Waals surface area (Å²) in [5.74, 6) is -0.911. The summed E-state index contributed by atoms with van der Waals surface area (Å²) in [4.78, 5) is 26.1. The second kappa shape index (κ2) is 8.37. The van der Waals surface area contributed by atoms with Gasteiger partial charge in [-0.3, -0.25) is 9.59 Å². The third kappa shape index (κ3) is 4.18. The maximum Gasteiger partial charge on any atom is 0.272 e. The molecule has 2 heterocycles. The average molecular weight is 465 g/mol. The summed E-state index contributed by atoms with van der Waals surface area (Å²) in [6.07, 6.45) is -0.0163. The quantitative estimate of drug-likeness (QED) is 0.634. The van der Waals surface area contributed by atoms with Crippen LogP contribution < -0.4 is 5.56 Å². The number of piperazine rings is 1. The Morgan fingerprint density at radius 3 is 2.45 bits per heavy atom. The molecule has 0 aliphatic carbocycles. The lowest BCUT2D eigenvalue weighted by Gasteiger charge is -2.34. The molecule has 0 atom stereocenters. The second-order valence-corrected chi connectivity index (χ2v) is 9.43. The monoisotopic (exact) mass is 464 g/mol. The van der Waals surface area contributed by atoms with Crippen molar-refractivity contribution in [1.29, 1.82) is 0 Å². The number of rotatable bonds is 4. The molecule has 1 aromatic heterocycles. The molecule has 1 saturated heterocycles. The van der Waals surface area contributed by atoms with Gasteiger partial charge in [0.25, 0.3) is 5.56 Å². The van der Waals surface area contributed by atoms with E-state index in [1.807, 2.05) is 0 Å². The molecule has 31 heavy (non-hydrogen) atoms. The van der Waals surface area contributed by atoms with Gasteiger partial charge >= 0.3 is 0 Å². The number of benzene rings is 2. The fraction of sp³-hybridized carbons (Fsp3) is 0.250. The lowest BCUT2D eigenvalue weighted by atomic mass is 10.1. The van der Waals surface area contributed by atoms with E-state index in [-0.39, 0.29) is 54.0 Å². The van der Waals surface area contributed by atoms with Crippen LogP contribution in [0.25, 0.3) is 10.8 Å². The Labute approximate surface area is 182 Å². The summed E-state index contributed by atoms with van der Waals surface area (Å²) in [5, 5.41) is 7.21. The van der Waals surface area contributed by atoms with Gasteiger partial charge in [0, 0.05) is 31.6 Å². The zero-order valence-electron chi connectivity index (χ0n) is 16.2. The smallest absolute Gasteiger partial charge is 0.272 e. The van der Waals surface area contributed by atoms with E-state index in [0.717, 1.165) is 12.1 Å². The molecule has 1 aliphatic heterocycles. The van der Waals surface area contributed by atoms with Gasteiger partial charge in [-0.05, 0) is 24.3 Å². The highest BCUT2D eigenvalue weighted by atomic mass is 35.5. The standard InChI is InChI=1S/C20H18ClFN4O4S/c21-16-11-13(5-6-17(16)22)31(29,30)26-9-7-25(8-10-26)19(27)12-18-14-3-1-2-4-15(14)20(28)24-23-18/h1-6,11H,7-10,12H2,(H,24,28). The van der Waals surface area contributed by atoms with Crippen molar-refractivity contribution in [3.8, 4) is 0 Å². The first-order valence-electron chi connectivity index (χ1n) is 9.46. The number of aromatic amines is 1. The molecule has 4 rings (SSSR count). The molecule has 0 spiro atoms. The van der Waals surface area contributed by atoms with E-state index in [9.17, 15) is 22.4 Å². The minimum Gasteiger partial charge on any atom is -0.340 e. The maximum atomic E-state index is 13.4. The van der Waals surface area contributed by atoms with Crippen LogP contribution in [-0.4, -0.2) is 59.9 Å². The Balaban J connectivity index is 1.45. The zero-order chi connectivity index (χ0) is 22.2. The Kier molecular flexibility index (Phi) is 5.78. The Morgan fingerprint density at radius 1 is 1.10 bits per heavy atom. The van der Waals surface area contributed by atoms with Gasteiger partial charge in [0.05, 0.1) is 27.4 Å². The highest BCUT2D eigenvalue weighted by molar-refractivity contribution is 7.89. The van der Waals surface area contributed by atoms with Gasteiger partial charge in [-0.15, -0.1) is 0 Å². The van der Waals surface area contributed by atoms with E-state index >= 15 is 0 Å². The normalized spacial score (nSPS) is 15.4. The van der Waals surface area contributed by atoms with Crippen LogP contribution in [0.1, 0.15) is 5.69 Å². The van der Waals surface area contributed by atoms with Gasteiger partial charge in [0.2, 0.25) is 15.9 Å². The van der Waals surface area contributed by atoms with Crippen LogP contribution in [0.3, 0.4) is 0 Å². The minimum absolute atomic E-state index is 0.0163. The van der Waals surface area contributed by atoms with Crippen LogP contribution in [0, 0.1) is 5.82 Å². The molecule has 0 saturated carbocycles. The van der Waals surface area contributed by atoms with Crippen molar-refractivity contribution in [3.05, 3.63) is 69.4 Å². The number of sulfonamides is 1. The molecular weight excluding hydrogens is 447 g/mol. The number of hydrogen-bond acceptors (Lipinski definition) is 5. The van der Waals surface area contributed by atoms with Crippen molar-refractivity contribution in [2.45, 2.75) is 11.3 Å². The predicted molar refractivity (Wildman–Crippen MR) is 113 cm³/mol. The molecule has 0 bridgehead atoms. The van der Waals surface area contributed by atoms with E-state index in [1.165, 1.54) is 10.4 Å². The average Bonchev–Trinajstić information content (AvgIpc) is 2.77. The molecule has 11 heteroatoms.